The van der Waals surface area contributed by atoms with Crippen molar-refractivity contribution in [2.75, 3.05) is 0 Å². The highest BCUT2D eigenvalue weighted by Crippen LogP contribution is 2.21. The minimum atomic E-state index is -3.98. The van der Waals surface area contributed by atoms with Crippen LogP contribution in [-0.4, -0.2) is 13.4 Å². The number of rotatable bonds is 4. The Bertz CT molecular complexity index is 708. The Morgan fingerprint density at radius 1 is 1.30 bits per heavy atom. The minimum Gasteiger partial charge on any atom is -0.260 e. The molecule has 0 aliphatic heterocycles. The van der Waals surface area contributed by atoms with E-state index in [0.717, 1.165) is 12.1 Å². The van der Waals surface area contributed by atoms with Crippen molar-refractivity contribution in [3.05, 3.63) is 59.1 Å². The summed E-state index contributed by atoms with van der Waals surface area (Å²) in [5, 5.41) is 0.138. The molecule has 1 atom stereocenters. The first-order valence-electron chi connectivity index (χ1n) is 5.78. The van der Waals surface area contributed by atoms with E-state index in [-0.39, 0.29) is 5.02 Å². The van der Waals surface area contributed by atoms with Crippen molar-refractivity contribution in [3.63, 3.8) is 0 Å². The summed E-state index contributed by atoms with van der Waals surface area (Å²) in [6.45, 7) is 1.63. The highest BCUT2D eigenvalue weighted by molar-refractivity contribution is 7.89. The molecular formula is C13H12ClFN2O2S. The number of nitrogens with one attached hydrogen (secondary N) is 1. The molecule has 2 aromatic rings. The molecule has 1 heterocycles. The first-order chi connectivity index (χ1) is 9.40. The summed E-state index contributed by atoms with van der Waals surface area (Å²) in [7, 11) is -3.98. The van der Waals surface area contributed by atoms with Crippen LogP contribution in [0.25, 0.3) is 0 Å². The van der Waals surface area contributed by atoms with E-state index < -0.39 is 26.8 Å². The number of benzene rings is 1. The molecule has 0 bridgehead atoms. The standard InChI is InChI=1S/C13H12ClFN2O2S/c1-9(12-4-2-3-7-16-12)17-20(18,19)13-6-5-10(14)8-11(13)15/h2-9,17H,1H3. The number of nitrogens with zero attached hydrogens (tertiary/aromatic N) is 1. The lowest BCUT2D eigenvalue weighted by Crippen LogP contribution is -2.28. The quantitative estimate of drug-likeness (QED) is 0.944. The average molecular weight is 315 g/mol. The van der Waals surface area contributed by atoms with Crippen molar-refractivity contribution in [1.29, 1.82) is 0 Å². The van der Waals surface area contributed by atoms with Crippen LogP contribution in [0.4, 0.5) is 4.39 Å². The number of hydrogen-bond donors (Lipinski definition) is 1. The van der Waals surface area contributed by atoms with Crippen molar-refractivity contribution < 1.29 is 12.8 Å². The third-order valence-electron chi connectivity index (χ3n) is 2.65. The second kappa shape index (κ2) is 5.87. The van der Waals surface area contributed by atoms with Gasteiger partial charge in [0.1, 0.15) is 10.7 Å². The first-order valence-corrected chi connectivity index (χ1v) is 7.64. The van der Waals surface area contributed by atoms with E-state index in [9.17, 15) is 12.8 Å². The van der Waals surface area contributed by atoms with Crippen LogP contribution < -0.4 is 4.72 Å². The van der Waals surface area contributed by atoms with Crippen LogP contribution in [0.15, 0.2) is 47.5 Å². The summed E-state index contributed by atoms with van der Waals surface area (Å²) in [6.07, 6.45) is 1.56. The largest absolute Gasteiger partial charge is 0.260 e. The van der Waals surface area contributed by atoms with Gasteiger partial charge in [-0.25, -0.2) is 17.5 Å². The van der Waals surface area contributed by atoms with Gasteiger partial charge in [0.25, 0.3) is 0 Å². The van der Waals surface area contributed by atoms with Gasteiger partial charge < -0.3 is 0 Å². The number of aromatic nitrogens is 1. The van der Waals surface area contributed by atoms with Crippen molar-refractivity contribution in [1.82, 2.24) is 9.71 Å². The molecule has 0 radical (unpaired) electrons. The van der Waals surface area contributed by atoms with Gasteiger partial charge in [-0.3, -0.25) is 4.98 Å². The van der Waals surface area contributed by atoms with E-state index in [1.807, 2.05) is 0 Å². The van der Waals surface area contributed by atoms with E-state index in [4.69, 9.17) is 11.6 Å². The van der Waals surface area contributed by atoms with Gasteiger partial charge in [0.2, 0.25) is 10.0 Å². The van der Waals surface area contributed by atoms with Gasteiger partial charge in [-0.1, -0.05) is 17.7 Å². The lowest BCUT2D eigenvalue weighted by molar-refractivity contribution is 0.545. The van der Waals surface area contributed by atoms with E-state index in [0.29, 0.717) is 5.69 Å². The molecule has 7 heteroatoms. The van der Waals surface area contributed by atoms with Gasteiger partial charge >= 0.3 is 0 Å². The topological polar surface area (TPSA) is 59.1 Å². The van der Waals surface area contributed by atoms with Gasteiger partial charge in [0.05, 0.1) is 11.7 Å². The molecular weight excluding hydrogens is 303 g/mol. The van der Waals surface area contributed by atoms with E-state index in [1.54, 1.807) is 31.3 Å². The predicted octanol–water partition coefficient (Wildman–Crippen LogP) is 2.91. The third kappa shape index (κ3) is 3.33. The summed E-state index contributed by atoms with van der Waals surface area (Å²) < 4.78 is 40.3. The number of pyridine rings is 1. The first kappa shape index (κ1) is 14.9. The molecule has 2 rings (SSSR count). The lowest BCUT2D eigenvalue weighted by Gasteiger charge is -2.14. The maximum Gasteiger partial charge on any atom is 0.244 e. The summed E-state index contributed by atoms with van der Waals surface area (Å²) >= 11 is 5.60. The van der Waals surface area contributed by atoms with Crippen LogP contribution in [0.1, 0.15) is 18.7 Å². The summed E-state index contributed by atoms with van der Waals surface area (Å²) in [5.41, 5.74) is 0.547. The number of sulfonamides is 1. The number of hydrogen-bond acceptors (Lipinski definition) is 3. The predicted molar refractivity (Wildman–Crippen MR) is 74.4 cm³/mol. The zero-order chi connectivity index (χ0) is 14.8. The van der Waals surface area contributed by atoms with E-state index >= 15 is 0 Å². The highest BCUT2D eigenvalue weighted by Gasteiger charge is 2.22. The van der Waals surface area contributed by atoms with Crippen LogP contribution in [0.2, 0.25) is 5.02 Å². The van der Waals surface area contributed by atoms with Crippen molar-refractivity contribution in [2.45, 2.75) is 17.9 Å². The molecule has 1 aromatic heterocycles. The number of halogens is 2. The maximum atomic E-state index is 13.7. The zero-order valence-corrected chi connectivity index (χ0v) is 12.1. The van der Waals surface area contributed by atoms with Crippen LogP contribution in [0.5, 0.6) is 0 Å². The highest BCUT2D eigenvalue weighted by atomic mass is 35.5. The second-order valence-corrected chi connectivity index (χ2v) is 6.29. The molecule has 0 spiro atoms. The fourth-order valence-corrected chi connectivity index (χ4v) is 3.12. The lowest BCUT2D eigenvalue weighted by atomic mass is 10.2. The van der Waals surface area contributed by atoms with Crippen molar-refractivity contribution in [2.24, 2.45) is 0 Å². The molecule has 0 saturated heterocycles. The van der Waals surface area contributed by atoms with E-state index in [1.165, 1.54) is 6.07 Å². The fourth-order valence-electron chi connectivity index (χ4n) is 1.68. The minimum absolute atomic E-state index is 0.138. The van der Waals surface area contributed by atoms with Gasteiger partial charge in [-0.15, -0.1) is 0 Å². The second-order valence-electron chi connectivity index (χ2n) is 4.17. The molecule has 1 unspecified atom stereocenters. The molecule has 0 aliphatic carbocycles. The van der Waals surface area contributed by atoms with Gasteiger partial charge in [-0.2, -0.15) is 0 Å². The Morgan fingerprint density at radius 2 is 2.05 bits per heavy atom. The van der Waals surface area contributed by atoms with Crippen LogP contribution in [0, 0.1) is 5.82 Å². The molecule has 20 heavy (non-hydrogen) atoms. The van der Waals surface area contributed by atoms with Crippen molar-refractivity contribution in [3.8, 4) is 0 Å². The molecule has 1 aromatic carbocycles. The monoisotopic (exact) mass is 314 g/mol. The maximum absolute atomic E-state index is 13.7. The van der Waals surface area contributed by atoms with Crippen LogP contribution in [0.3, 0.4) is 0 Å². The summed E-state index contributed by atoms with van der Waals surface area (Å²) in [6, 6.07) is 8.00. The smallest absolute Gasteiger partial charge is 0.244 e. The fraction of sp³-hybridized carbons (Fsp3) is 0.154. The Hall–Kier alpha value is -1.50. The van der Waals surface area contributed by atoms with Crippen LogP contribution in [-0.2, 0) is 10.0 Å². The normalized spacial score (nSPS) is 13.2. The Labute approximate surface area is 121 Å². The van der Waals surface area contributed by atoms with E-state index in [2.05, 4.69) is 9.71 Å². The van der Waals surface area contributed by atoms with Crippen molar-refractivity contribution >= 4 is 21.6 Å². The average Bonchev–Trinajstić information content (AvgIpc) is 2.38. The molecule has 0 amide bonds. The van der Waals surface area contributed by atoms with Gasteiger partial charge in [-0.05, 0) is 37.3 Å². The Kier molecular flexibility index (Phi) is 4.37. The molecule has 1 N–H and O–H groups in total. The zero-order valence-electron chi connectivity index (χ0n) is 10.5. The Morgan fingerprint density at radius 3 is 2.65 bits per heavy atom. The molecule has 106 valence electrons. The molecule has 4 nitrogen and oxygen atoms in total. The summed E-state index contributed by atoms with van der Waals surface area (Å²) in [5.74, 6) is -0.891. The third-order valence-corrected chi connectivity index (χ3v) is 4.46. The molecule has 0 aliphatic rings. The SMILES string of the molecule is CC(NS(=O)(=O)c1ccc(Cl)cc1F)c1ccccn1. The summed E-state index contributed by atoms with van der Waals surface area (Å²) in [4.78, 5) is 3.61. The van der Waals surface area contributed by atoms with Crippen LogP contribution >= 0.6 is 11.6 Å². The Balaban J connectivity index is 2.28. The van der Waals surface area contributed by atoms with Gasteiger partial charge in [0, 0.05) is 11.2 Å². The molecule has 0 fully saturated rings. The van der Waals surface area contributed by atoms with Gasteiger partial charge in [0.15, 0.2) is 0 Å². The molecule has 0 saturated carbocycles.